The molecule has 5 heteroatoms. The standard InChI is InChI=1S/C9H12N2OS.ClH/c1-7-2-4-8(5-3-7)13-6-9(10)11-12;/h2-5,12H,6H2,1H3,(H2,10,11);1H. The van der Waals surface area contributed by atoms with Crippen molar-refractivity contribution < 1.29 is 5.21 Å². The Morgan fingerprint density at radius 2 is 2.00 bits per heavy atom. The minimum absolute atomic E-state index is 0. The monoisotopic (exact) mass is 232 g/mol. The largest absolute Gasteiger partial charge is 0.409 e. The smallest absolute Gasteiger partial charge is 0.149 e. The van der Waals surface area contributed by atoms with Gasteiger partial charge in [-0.1, -0.05) is 22.9 Å². The summed E-state index contributed by atoms with van der Waals surface area (Å²) in [7, 11) is 0. The Labute approximate surface area is 93.8 Å². The molecule has 0 bridgehead atoms. The SMILES string of the molecule is Cc1ccc(SC/C(N)=N\O)cc1.Cl. The lowest BCUT2D eigenvalue weighted by Gasteiger charge is -2.00. The van der Waals surface area contributed by atoms with E-state index in [1.54, 1.807) is 11.8 Å². The van der Waals surface area contributed by atoms with Gasteiger partial charge in [-0.05, 0) is 19.1 Å². The van der Waals surface area contributed by atoms with Gasteiger partial charge in [-0.2, -0.15) is 0 Å². The zero-order valence-corrected chi connectivity index (χ0v) is 9.44. The van der Waals surface area contributed by atoms with Crippen molar-refractivity contribution in [2.24, 2.45) is 10.9 Å². The van der Waals surface area contributed by atoms with Crippen LogP contribution >= 0.6 is 24.2 Å². The molecule has 0 unspecified atom stereocenters. The van der Waals surface area contributed by atoms with Gasteiger partial charge in [0.05, 0.1) is 5.75 Å². The molecule has 78 valence electrons. The number of aryl methyl sites for hydroxylation is 1. The number of nitrogens with two attached hydrogens (primary N) is 1. The first kappa shape index (κ1) is 13.1. The molecule has 0 aliphatic heterocycles. The number of thioether (sulfide) groups is 1. The summed E-state index contributed by atoms with van der Waals surface area (Å²) in [5, 5.41) is 11.2. The fraction of sp³-hybridized carbons (Fsp3) is 0.222. The maximum atomic E-state index is 8.31. The van der Waals surface area contributed by atoms with Crippen molar-refractivity contribution in [3.63, 3.8) is 0 Å². The topological polar surface area (TPSA) is 58.6 Å². The van der Waals surface area contributed by atoms with Gasteiger partial charge in [0, 0.05) is 4.90 Å². The number of hydrogen-bond acceptors (Lipinski definition) is 3. The van der Waals surface area contributed by atoms with Crippen molar-refractivity contribution in [3.8, 4) is 0 Å². The van der Waals surface area contributed by atoms with Crippen LogP contribution in [-0.4, -0.2) is 16.8 Å². The third-order valence-corrected chi connectivity index (χ3v) is 2.58. The molecule has 0 heterocycles. The Hall–Kier alpha value is -0.870. The van der Waals surface area contributed by atoms with Crippen molar-refractivity contribution in [1.82, 2.24) is 0 Å². The van der Waals surface area contributed by atoms with Crippen LogP contribution in [0.5, 0.6) is 0 Å². The molecule has 0 radical (unpaired) electrons. The second kappa shape index (κ2) is 6.56. The Kier molecular flexibility index (Phi) is 6.16. The zero-order chi connectivity index (χ0) is 9.68. The van der Waals surface area contributed by atoms with E-state index in [2.05, 4.69) is 5.16 Å². The van der Waals surface area contributed by atoms with Crippen LogP contribution in [0.1, 0.15) is 5.56 Å². The van der Waals surface area contributed by atoms with E-state index >= 15 is 0 Å². The Bertz CT molecular complexity index is 300. The maximum absolute atomic E-state index is 8.31. The molecule has 0 saturated carbocycles. The lowest BCUT2D eigenvalue weighted by Crippen LogP contribution is -2.13. The van der Waals surface area contributed by atoms with Crippen molar-refractivity contribution in [3.05, 3.63) is 29.8 Å². The third kappa shape index (κ3) is 4.39. The van der Waals surface area contributed by atoms with Gasteiger partial charge in [0.15, 0.2) is 0 Å². The Morgan fingerprint density at radius 1 is 1.43 bits per heavy atom. The number of nitrogens with zero attached hydrogens (tertiary/aromatic N) is 1. The molecule has 3 nitrogen and oxygen atoms in total. The van der Waals surface area contributed by atoms with E-state index in [4.69, 9.17) is 10.9 Å². The van der Waals surface area contributed by atoms with Crippen molar-refractivity contribution in [2.75, 3.05) is 5.75 Å². The van der Waals surface area contributed by atoms with E-state index in [1.807, 2.05) is 31.2 Å². The molecule has 14 heavy (non-hydrogen) atoms. The summed E-state index contributed by atoms with van der Waals surface area (Å²) in [6, 6.07) is 8.11. The fourth-order valence-corrected chi connectivity index (χ4v) is 1.52. The first-order valence-electron chi connectivity index (χ1n) is 3.88. The number of halogens is 1. The van der Waals surface area contributed by atoms with Crippen LogP contribution < -0.4 is 5.73 Å². The molecule has 3 N–H and O–H groups in total. The van der Waals surface area contributed by atoms with Gasteiger partial charge in [0.1, 0.15) is 5.84 Å². The molecular formula is C9H13ClN2OS. The molecule has 0 aliphatic carbocycles. The molecule has 0 atom stereocenters. The van der Waals surface area contributed by atoms with Crippen LogP contribution in [0.2, 0.25) is 0 Å². The van der Waals surface area contributed by atoms with E-state index < -0.39 is 0 Å². The average Bonchev–Trinajstić information content (AvgIpc) is 2.16. The Balaban J connectivity index is 0.00000169. The summed E-state index contributed by atoms with van der Waals surface area (Å²) in [6.07, 6.45) is 0. The molecule has 0 aliphatic rings. The van der Waals surface area contributed by atoms with Crippen LogP contribution in [0.25, 0.3) is 0 Å². The molecule has 1 aromatic rings. The van der Waals surface area contributed by atoms with Gasteiger partial charge in [-0.3, -0.25) is 0 Å². The minimum atomic E-state index is 0. The summed E-state index contributed by atoms with van der Waals surface area (Å²) in [5.74, 6) is 0.755. The molecule has 0 saturated heterocycles. The highest BCUT2D eigenvalue weighted by Crippen LogP contribution is 2.17. The maximum Gasteiger partial charge on any atom is 0.149 e. The van der Waals surface area contributed by atoms with Crippen LogP contribution in [0.15, 0.2) is 34.3 Å². The fourth-order valence-electron chi connectivity index (χ4n) is 0.821. The van der Waals surface area contributed by atoms with Crippen LogP contribution in [-0.2, 0) is 0 Å². The summed E-state index contributed by atoms with van der Waals surface area (Å²) in [6.45, 7) is 2.04. The second-order valence-electron chi connectivity index (χ2n) is 2.69. The number of rotatable bonds is 3. The van der Waals surface area contributed by atoms with Crippen LogP contribution in [0.3, 0.4) is 0 Å². The molecular weight excluding hydrogens is 220 g/mol. The van der Waals surface area contributed by atoms with E-state index in [0.29, 0.717) is 5.75 Å². The molecule has 0 amide bonds. The van der Waals surface area contributed by atoms with Gasteiger partial charge in [-0.25, -0.2) is 0 Å². The summed E-state index contributed by atoms with van der Waals surface area (Å²) in [5.41, 5.74) is 6.56. The summed E-state index contributed by atoms with van der Waals surface area (Å²) in [4.78, 5) is 1.12. The normalized spacial score (nSPS) is 10.8. The Morgan fingerprint density at radius 3 is 2.50 bits per heavy atom. The first-order valence-corrected chi connectivity index (χ1v) is 4.87. The van der Waals surface area contributed by atoms with Gasteiger partial charge >= 0.3 is 0 Å². The average molecular weight is 233 g/mol. The van der Waals surface area contributed by atoms with Gasteiger partial charge in [-0.15, -0.1) is 24.2 Å². The van der Waals surface area contributed by atoms with E-state index in [9.17, 15) is 0 Å². The summed E-state index contributed by atoms with van der Waals surface area (Å²) >= 11 is 1.55. The first-order chi connectivity index (χ1) is 6.22. The molecule has 0 fully saturated rings. The summed E-state index contributed by atoms with van der Waals surface area (Å²) < 4.78 is 0. The predicted octanol–water partition coefficient (Wildman–Crippen LogP) is 2.26. The highest BCUT2D eigenvalue weighted by Gasteiger charge is 1.96. The number of benzene rings is 1. The van der Waals surface area contributed by atoms with E-state index in [1.165, 1.54) is 5.56 Å². The van der Waals surface area contributed by atoms with Gasteiger partial charge in [0.25, 0.3) is 0 Å². The van der Waals surface area contributed by atoms with Crippen LogP contribution in [0.4, 0.5) is 0 Å². The second-order valence-corrected chi connectivity index (χ2v) is 3.74. The number of oxime groups is 1. The van der Waals surface area contributed by atoms with E-state index in [0.717, 1.165) is 4.90 Å². The molecule has 0 aromatic heterocycles. The lowest BCUT2D eigenvalue weighted by molar-refractivity contribution is 0.318. The van der Waals surface area contributed by atoms with Crippen molar-refractivity contribution in [1.29, 1.82) is 0 Å². The predicted molar refractivity (Wildman–Crippen MR) is 62.6 cm³/mol. The van der Waals surface area contributed by atoms with Gasteiger partial charge in [0.2, 0.25) is 0 Å². The number of hydrogen-bond donors (Lipinski definition) is 2. The molecule has 1 aromatic carbocycles. The van der Waals surface area contributed by atoms with E-state index in [-0.39, 0.29) is 18.2 Å². The highest BCUT2D eigenvalue weighted by atomic mass is 35.5. The highest BCUT2D eigenvalue weighted by molar-refractivity contribution is 8.00. The molecule has 1 rings (SSSR count). The lowest BCUT2D eigenvalue weighted by atomic mass is 10.2. The van der Waals surface area contributed by atoms with Gasteiger partial charge < -0.3 is 10.9 Å². The minimum Gasteiger partial charge on any atom is -0.409 e. The molecule has 0 spiro atoms. The number of amidine groups is 1. The quantitative estimate of drug-likeness (QED) is 0.276. The van der Waals surface area contributed by atoms with Crippen LogP contribution in [0, 0.1) is 6.92 Å². The third-order valence-electron chi connectivity index (χ3n) is 1.54. The van der Waals surface area contributed by atoms with Crippen molar-refractivity contribution >= 4 is 30.0 Å². The zero-order valence-electron chi connectivity index (χ0n) is 7.80. The van der Waals surface area contributed by atoms with Crippen molar-refractivity contribution in [2.45, 2.75) is 11.8 Å².